The molecule has 0 bridgehead atoms. The van der Waals surface area contributed by atoms with Crippen LogP contribution in [0.5, 0.6) is 0 Å². The van der Waals surface area contributed by atoms with E-state index in [1.54, 1.807) is 12.1 Å². The van der Waals surface area contributed by atoms with Gasteiger partial charge in [-0.2, -0.15) is 0 Å². The number of nitrogens with zero attached hydrogens (tertiary/aromatic N) is 3. The van der Waals surface area contributed by atoms with E-state index in [1.165, 1.54) is 35.4 Å². The molecular formula is C31H38N4O5S. The minimum absolute atomic E-state index is 0.103. The third-order valence-electron chi connectivity index (χ3n) is 9.32. The van der Waals surface area contributed by atoms with E-state index in [-0.39, 0.29) is 29.2 Å². The van der Waals surface area contributed by atoms with Crippen molar-refractivity contribution in [3.63, 3.8) is 0 Å². The molecule has 3 aliphatic heterocycles. The number of rotatable bonds is 8. The molecule has 3 heterocycles. The summed E-state index contributed by atoms with van der Waals surface area (Å²) in [5.74, 6) is 1.23. The fourth-order valence-corrected chi connectivity index (χ4v) is 7.30. The zero-order chi connectivity index (χ0) is 28.8. The number of hydrogen-bond donors (Lipinski definition) is 1. The molecule has 4 aliphatic rings. The molecule has 2 aromatic carbocycles. The van der Waals surface area contributed by atoms with Gasteiger partial charge >= 0.3 is 6.03 Å². The first-order chi connectivity index (χ1) is 19.6. The lowest BCUT2D eigenvalue weighted by molar-refractivity contribution is -0.133. The van der Waals surface area contributed by atoms with Gasteiger partial charge in [0.2, 0.25) is 5.91 Å². The van der Waals surface area contributed by atoms with Gasteiger partial charge in [-0.3, -0.25) is 14.5 Å². The van der Waals surface area contributed by atoms with Crippen LogP contribution in [0.1, 0.15) is 49.1 Å². The standard InChI is InChI=1S/C31H38N4O5S/c1-41(39,40)26-11-9-23(10-12-26)18-35-29(37)31(32-30(35)38)13-15-33(16-14-31)19-25-20-34(28(36)17-22-7-8-22)21-27(25)24-5-3-2-4-6-24/h2-6,9-12,22,25,27H,7-8,13-21H2,1H3,(H,32,38). The van der Waals surface area contributed by atoms with Crippen molar-refractivity contribution in [2.24, 2.45) is 11.8 Å². The Morgan fingerprint density at radius 1 is 0.976 bits per heavy atom. The second-order valence-electron chi connectivity index (χ2n) is 12.3. The Labute approximate surface area is 241 Å². The fourth-order valence-electron chi connectivity index (χ4n) is 6.67. The average Bonchev–Trinajstić information content (AvgIpc) is 3.62. The Bertz CT molecular complexity index is 1420. The van der Waals surface area contributed by atoms with Gasteiger partial charge in [0, 0.05) is 51.3 Å². The number of nitrogens with one attached hydrogen (secondary N) is 1. The SMILES string of the molecule is CS(=O)(=O)c1ccc(CN2C(=O)NC3(CCN(CC4CN(C(=O)CC5CC5)CC4c4ccccc4)CC3)C2=O)cc1. The molecule has 0 aromatic heterocycles. The van der Waals surface area contributed by atoms with Crippen LogP contribution in [0.25, 0.3) is 0 Å². The van der Waals surface area contributed by atoms with E-state index in [2.05, 4.69) is 39.4 Å². The molecule has 4 amide bonds. The predicted molar refractivity (Wildman–Crippen MR) is 154 cm³/mol. The van der Waals surface area contributed by atoms with Gasteiger partial charge in [0.25, 0.3) is 5.91 Å². The zero-order valence-electron chi connectivity index (χ0n) is 23.5. The van der Waals surface area contributed by atoms with Gasteiger partial charge in [0.05, 0.1) is 11.4 Å². The van der Waals surface area contributed by atoms with Crippen LogP contribution in [0.15, 0.2) is 59.5 Å². The highest BCUT2D eigenvalue weighted by Gasteiger charge is 2.52. The average molecular weight is 579 g/mol. The summed E-state index contributed by atoms with van der Waals surface area (Å²) < 4.78 is 23.5. The Hall–Kier alpha value is -3.24. The topological polar surface area (TPSA) is 107 Å². The van der Waals surface area contributed by atoms with E-state index in [9.17, 15) is 22.8 Å². The van der Waals surface area contributed by atoms with Gasteiger partial charge < -0.3 is 15.1 Å². The molecule has 2 aromatic rings. The van der Waals surface area contributed by atoms with Crippen molar-refractivity contribution in [1.82, 2.24) is 20.0 Å². The van der Waals surface area contributed by atoms with Gasteiger partial charge in [0.1, 0.15) is 5.54 Å². The summed E-state index contributed by atoms with van der Waals surface area (Å²) in [6, 6.07) is 16.4. The smallest absolute Gasteiger partial charge is 0.325 e. The molecule has 218 valence electrons. The molecule has 2 unspecified atom stereocenters. The van der Waals surface area contributed by atoms with Crippen molar-refractivity contribution < 1.29 is 22.8 Å². The first-order valence-corrected chi connectivity index (χ1v) is 16.5. The van der Waals surface area contributed by atoms with Crippen molar-refractivity contribution in [2.75, 3.05) is 39.0 Å². The number of piperidine rings is 1. The van der Waals surface area contributed by atoms with Gasteiger partial charge in [-0.15, -0.1) is 0 Å². The number of likely N-dealkylation sites (tertiary alicyclic amines) is 2. The van der Waals surface area contributed by atoms with Crippen LogP contribution in [-0.4, -0.2) is 85.5 Å². The van der Waals surface area contributed by atoms with Crippen molar-refractivity contribution >= 4 is 27.7 Å². The van der Waals surface area contributed by atoms with Crippen LogP contribution >= 0.6 is 0 Å². The van der Waals surface area contributed by atoms with Gasteiger partial charge in [-0.25, -0.2) is 13.2 Å². The second-order valence-corrected chi connectivity index (χ2v) is 14.4. The second kappa shape index (κ2) is 10.9. The summed E-state index contributed by atoms with van der Waals surface area (Å²) in [6.45, 7) is 3.85. The summed E-state index contributed by atoms with van der Waals surface area (Å²) >= 11 is 0. The van der Waals surface area contributed by atoms with Crippen LogP contribution in [0.3, 0.4) is 0 Å². The van der Waals surface area contributed by atoms with Gasteiger partial charge in [0.15, 0.2) is 9.84 Å². The summed E-state index contributed by atoms with van der Waals surface area (Å²) in [6.07, 6.45) is 5.23. The molecule has 1 aliphatic carbocycles. The van der Waals surface area contributed by atoms with Crippen LogP contribution in [0, 0.1) is 11.8 Å². The highest BCUT2D eigenvalue weighted by atomic mass is 32.2. The maximum Gasteiger partial charge on any atom is 0.325 e. The van der Waals surface area contributed by atoms with Crippen LogP contribution < -0.4 is 5.32 Å². The Balaban J connectivity index is 1.08. The number of imide groups is 1. The third-order valence-corrected chi connectivity index (χ3v) is 10.5. The lowest BCUT2D eigenvalue weighted by atomic mass is 9.85. The number of carbonyl (C=O) groups is 3. The summed E-state index contributed by atoms with van der Waals surface area (Å²) in [7, 11) is -3.32. The molecular weight excluding hydrogens is 540 g/mol. The minimum atomic E-state index is -3.32. The molecule has 4 fully saturated rings. The number of benzene rings is 2. The normalized spacial score (nSPS) is 24.7. The molecule has 10 heteroatoms. The van der Waals surface area contributed by atoms with E-state index in [0.717, 1.165) is 25.9 Å². The number of amides is 4. The highest BCUT2D eigenvalue weighted by molar-refractivity contribution is 7.90. The summed E-state index contributed by atoms with van der Waals surface area (Å²) in [4.78, 5) is 45.3. The quantitative estimate of drug-likeness (QED) is 0.483. The third kappa shape index (κ3) is 5.90. The minimum Gasteiger partial charge on any atom is -0.342 e. The van der Waals surface area contributed by atoms with E-state index >= 15 is 0 Å². The molecule has 41 heavy (non-hydrogen) atoms. The molecule has 2 atom stereocenters. The molecule has 0 radical (unpaired) electrons. The monoisotopic (exact) mass is 578 g/mol. The maximum atomic E-state index is 13.5. The first kappa shape index (κ1) is 27.9. The van der Waals surface area contributed by atoms with Crippen molar-refractivity contribution in [3.8, 4) is 0 Å². The van der Waals surface area contributed by atoms with Crippen LogP contribution in [0.4, 0.5) is 4.79 Å². The Kier molecular flexibility index (Phi) is 7.40. The largest absolute Gasteiger partial charge is 0.342 e. The number of carbonyl (C=O) groups excluding carboxylic acids is 3. The molecule has 3 saturated heterocycles. The van der Waals surface area contributed by atoms with Gasteiger partial charge in [-0.1, -0.05) is 42.5 Å². The van der Waals surface area contributed by atoms with Crippen molar-refractivity contribution in [3.05, 3.63) is 65.7 Å². The van der Waals surface area contributed by atoms with E-state index < -0.39 is 21.4 Å². The van der Waals surface area contributed by atoms with Crippen LogP contribution in [0.2, 0.25) is 0 Å². The number of sulfone groups is 1. The van der Waals surface area contributed by atoms with Crippen LogP contribution in [-0.2, 0) is 26.0 Å². The zero-order valence-corrected chi connectivity index (χ0v) is 24.3. The lowest BCUT2D eigenvalue weighted by Crippen LogP contribution is -2.55. The molecule has 1 saturated carbocycles. The molecule has 1 N–H and O–H groups in total. The highest BCUT2D eigenvalue weighted by Crippen LogP contribution is 2.38. The van der Waals surface area contributed by atoms with E-state index in [4.69, 9.17) is 0 Å². The van der Waals surface area contributed by atoms with E-state index in [0.29, 0.717) is 49.8 Å². The Morgan fingerprint density at radius 3 is 2.29 bits per heavy atom. The van der Waals surface area contributed by atoms with Crippen molar-refractivity contribution in [2.45, 2.75) is 55.0 Å². The molecule has 9 nitrogen and oxygen atoms in total. The molecule has 1 spiro atoms. The molecule has 6 rings (SSSR count). The first-order valence-electron chi connectivity index (χ1n) is 14.6. The lowest BCUT2D eigenvalue weighted by Gasteiger charge is -2.38. The maximum absolute atomic E-state index is 13.5. The number of urea groups is 1. The van der Waals surface area contributed by atoms with Crippen molar-refractivity contribution in [1.29, 1.82) is 0 Å². The Morgan fingerprint density at radius 2 is 1.66 bits per heavy atom. The summed E-state index contributed by atoms with van der Waals surface area (Å²) in [5.41, 5.74) is 1.07. The van der Waals surface area contributed by atoms with E-state index in [1.807, 2.05) is 6.07 Å². The predicted octanol–water partition coefficient (Wildman–Crippen LogP) is 3.02. The fraction of sp³-hybridized carbons (Fsp3) is 0.516. The summed E-state index contributed by atoms with van der Waals surface area (Å²) in [5, 5.41) is 2.98. The number of hydrogen-bond acceptors (Lipinski definition) is 6. The van der Waals surface area contributed by atoms with Gasteiger partial charge in [-0.05, 0) is 60.8 Å².